The van der Waals surface area contributed by atoms with Crippen LogP contribution in [0, 0.1) is 0 Å². The Hall–Kier alpha value is 0.170. The van der Waals surface area contributed by atoms with Crippen molar-refractivity contribution in [1.82, 2.24) is 6.15 Å². The van der Waals surface area contributed by atoms with Crippen molar-refractivity contribution in [2.24, 2.45) is 0 Å². The molecule has 0 aromatic heterocycles. The molecular formula is C3H10ClNO2. The minimum Gasteiger partial charge on any atom is -0.394 e. The molecule has 1 atom stereocenters. The van der Waals surface area contributed by atoms with Crippen LogP contribution < -0.4 is 6.15 Å². The highest BCUT2D eigenvalue weighted by atomic mass is 35.5. The van der Waals surface area contributed by atoms with Gasteiger partial charge in [-0.2, -0.15) is 0 Å². The second kappa shape index (κ2) is 6.17. The summed E-state index contributed by atoms with van der Waals surface area (Å²) in [5.41, 5.74) is 0. The summed E-state index contributed by atoms with van der Waals surface area (Å²) in [6, 6.07) is 0. The van der Waals surface area contributed by atoms with Gasteiger partial charge in [0, 0.05) is 0 Å². The predicted octanol–water partition coefficient (Wildman–Crippen LogP) is -0.260. The van der Waals surface area contributed by atoms with Gasteiger partial charge in [-0.3, -0.25) is 0 Å². The molecule has 7 heavy (non-hydrogen) atoms. The molecule has 0 bridgehead atoms. The Labute approximate surface area is 47.5 Å². The number of aliphatic hydroxyl groups excluding tert-OH is 2. The van der Waals surface area contributed by atoms with E-state index in [0.29, 0.717) is 0 Å². The lowest BCUT2D eigenvalue weighted by Crippen LogP contribution is -2.12. The topological polar surface area (TPSA) is 75.5 Å². The van der Waals surface area contributed by atoms with Crippen LogP contribution in [0.15, 0.2) is 0 Å². The molecule has 0 aliphatic heterocycles. The van der Waals surface area contributed by atoms with Crippen LogP contribution in [0.5, 0.6) is 0 Å². The Bertz CT molecular complexity index is 32.1. The summed E-state index contributed by atoms with van der Waals surface area (Å²) in [5.74, 6) is 0.108. The molecule has 0 aromatic carbocycles. The van der Waals surface area contributed by atoms with Gasteiger partial charge < -0.3 is 16.4 Å². The molecule has 0 rings (SSSR count). The number of rotatable bonds is 2. The molecule has 0 aromatic rings. The fourth-order valence-corrected chi connectivity index (χ4v) is 0.146. The monoisotopic (exact) mass is 127 g/mol. The van der Waals surface area contributed by atoms with Gasteiger partial charge in [0.15, 0.2) is 0 Å². The van der Waals surface area contributed by atoms with Gasteiger partial charge in [0.05, 0.1) is 18.6 Å². The SMILES string of the molecule is N.OCC(O)CCl. The third-order valence-corrected chi connectivity index (χ3v) is 0.745. The van der Waals surface area contributed by atoms with Crippen LogP contribution in [0.25, 0.3) is 0 Å². The average Bonchev–Trinajstić information content (AvgIpc) is 1.65. The summed E-state index contributed by atoms with van der Waals surface area (Å²) >= 11 is 5.04. The molecule has 0 aliphatic carbocycles. The molecule has 0 saturated carbocycles. The fraction of sp³-hybridized carbons (Fsp3) is 1.00. The normalized spacial score (nSPS) is 12.4. The van der Waals surface area contributed by atoms with E-state index in [2.05, 4.69) is 0 Å². The first-order valence-corrected chi connectivity index (χ1v) is 2.19. The van der Waals surface area contributed by atoms with Gasteiger partial charge in [0.1, 0.15) is 0 Å². The quantitative estimate of drug-likeness (QED) is 0.448. The van der Waals surface area contributed by atoms with E-state index >= 15 is 0 Å². The maximum Gasteiger partial charge on any atom is 0.0905 e. The smallest absolute Gasteiger partial charge is 0.0905 e. The predicted molar refractivity (Wildman–Crippen MR) is 28.8 cm³/mol. The van der Waals surface area contributed by atoms with E-state index in [0.717, 1.165) is 0 Å². The Morgan fingerprint density at radius 3 is 2.00 bits per heavy atom. The molecule has 46 valence electrons. The summed E-state index contributed by atoms with van der Waals surface area (Å²) in [5, 5.41) is 16.3. The first-order chi connectivity index (χ1) is 2.81. The minimum atomic E-state index is -0.744. The zero-order chi connectivity index (χ0) is 4.99. The summed E-state index contributed by atoms with van der Waals surface area (Å²) in [6.45, 7) is -0.247. The van der Waals surface area contributed by atoms with Crippen molar-refractivity contribution in [2.75, 3.05) is 12.5 Å². The standard InChI is InChI=1S/C3H7ClO2.H3N/c4-1-3(6)2-5;/h3,5-6H,1-2H2;1H3. The molecule has 0 spiro atoms. The molecule has 0 radical (unpaired) electrons. The zero-order valence-corrected chi connectivity index (χ0v) is 4.73. The maximum absolute atomic E-state index is 8.28. The lowest BCUT2D eigenvalue weighted by Gasteiger charge is -1.95. The minimum absolute atomic E-state index is 0. The van der Waals surface area contributed by atoms with Gasteiger partial charge >= 0.3 is 0 Å². The van der Waals surface area contributed by atoms with Gasteiger partial charge in [-0.15, -0.1) is 11.6 Å². The molecule has 0 heterocycles. The summed E-state index contributed by atoms with van der Waals surface area (Å²) in [7, 11) is 0. The van der Waals surface area contributed by atoms with Crippen LogP contribution in [0.3, 0.4) is 0 Å². The van der Waals surface area contributed by atoms with Crippen molar-refractivity contribution in [1.29, 1.82) is 0 Å². The van der Waals surface area contributed by atoms with Crippen LogP contribution in [-0.2, 0) is 0 Å². The first-order valence-electron chi connectivity index (χ1n) is 1.66. The van der Waals surface area contributed by atoms with E-state index in [1.807, 2.05) is 0 Å². The number of hydrogen-bond acceptors (Lipinski definition) is 3. The summed E-state index contributed by atoms with van der Waals surface area (Å²) in [6.07, 6.45) is -0.744. The highest BCUT2D eigenvalue weighted by Gasteiger charge is 1.94. The van der Waals surface area contributed by atoms with Crippen molar-refractivity contribution in [3.8, 4) is 0 Å². The van der Waals surface area contributed by atoms with Crippen molar-refractivity contribution in [3.63, 3.8) is 0 Å². The van der Waals surface area contributed by atoms with Gasteiger partial charge in [-0.25, -0.2) is 0 Å². The Kier molecular flexibility index (Phi) is 9.00. The number of alkyl halides is 1. The van der Waals surface area contributed by atoms with E-state index < -0.39 is 6.10 Å². The molecule has 5 N–H and O–H groups in total. The highest BCUT2D eigenvalue weighted by molar-refractivity contribution is 6.18. The molecule has 0 fully saturated rings. The number of aliphatic hydroxyl groups is 2. The van der Waals surface area contributed by atoms with E-state index in [9.17, 15) is 0 Å². The lowest BCUT2D eigenvalue weighted by molar-refractivity contribution is 0.112. The van der Waals surface area contributed by atoms with Crippen LogP contribution in [0.2, 0.25) is 0 Å². The van der Waals surface area contributed by atoms with E-state index in [4.69, 9.17) is 21.8 Å². The van der Waals surface area contributed by atoms with Crippen molar-refractivity contribution >= 4 is 11.6 Å². The molecule has 3 nitrogen and oxygen atoms in total. The second-order valence-electron chi connectivity index (χ2n) is 0.991. The van der Waals surface area contributed by atoms with Crippen LogP contribution in [0.4, 0.5) is 0 Å². The number of hydrogen-bond donors (Lipinski definition) is 3. The molecular weight excluding hydrogens is 117 g/mol. The van der Waals surface area contributed by atoms with E-state index in [-0.39, 0.29) is 18.6 Å². The third kappa shape index (κ3) is 6.17. The van der Waals surface area contributed by atoms with Crippen LogP contribution >= 0.6 is 11.6 Å². The maximum atomic E-state index is 8.28. The lowest BCUT2D eigenvalue weighted by atomic mass is 10.5. The molecule has 1 unspecified atom stereocenters. The van der Waals surface area contributed by atoms with Crippen molar-refractivity contribution in [3.05, 3.63) is 0 Å². The molecule has 0 saturated heterocycles. The average molecular weight is 128 g/mol. The van der Waals surface area contributed by atoms with Crippen LogP contribution in [-0.4, -0.2) is 28.8 Å². The Morgan fingerprint density at radius 2 is 2.00 bits per heavy atom. The van der Waals surface area contributed by atoms with Crippen LogP contribution in [0.1, 0.15) is 0 Å². The first kappa shape index (κ1) is 10.2. The summed E-state index contributed by atoms with van der Waals surface area (Å²) in [4.78, 5) is 0. The van der Waals surface area contributed by atoms with Crippen molar-refractivity contribution < 1.29 is 10.2 Å². The van der Waals surface area contributed by atoms with Gasteiger partial charge in [-0.1, -0.05) is 0 Å². The second-order valence-corrected chi connectivity index (χ2v) is 1.30. The highest BCUT2D eigenvalue weighted by Crippen LogP contribution is 1.81. The summed E-state index contributed by atoms with van der Waals surface area (Å²) < 4.78 is 0. The van der Waals surface area contributed by atoms with E-state index in [1.54, 1.807) is 0 Å². The van der Waals surface area contributed by atoms with Gasteiger partial charge in [0.2, 0.25) is 0 Å². The molecule has 4 heteroatoms. The Balaban J connectivity index is 0. The third-order valence-electron chi connectivity index (χ3n) is 0.389. The van der Waals surface area contributed by atoms with Gasteiger partial charge in [-0.05, 0) is 0 Å². The molecule has 0 aliphatic rings. The van der Waals surface area contributed by atoms with Gasteiger partial charge in [0.25, 0.3) is 0 Å². The molecule has 0 amide bonds. The van der Waals surface area contributed by atoms with E-state index in [1.165, 1.54) is 0 Å². The largest absolute Gasteiger partial charge is 0.394 e. The zero-order valence-electron chi connectivity index (χ0n) is 3.97. The Morgan fingerprint density at radius 1 is 1.57 bits per heavy atom. The van der Waals surface area contributed by atoms with Crippen molar-refractivity contribution in [2.45, 2.75) is 6.10 Å². The number of halogens is 1. The fourth-order valence-electron chi connectivity index (χ4n) is 0.0488.